The average Bonchev–Trinajstić information content (AvgIpc) is 3.44. The van der Waals surface area contributed by atoms with Gasteiger partial charge in [-0.05, 0) is 128 Å². The van der Waals surface area contributed by atoms with Crippen LogP contribution in [0.15, 0.2) is 109 Å². The maximum Gasteiger partial charge on any atom is 0.306 e. The van der Waals surface area contributed by atoms with Crippen LogP contribution in [0.3, 0.4) is 0 Å². The van der Waals surface area contributed by atoms with Crippen LogP contribution in [0.1, 0.15) is 310 Å². The molecule has 0 aromatic rings. The zero-order valence-electron chi connectivity index (χ0n) is 51.2. The zero-order chi connectivity index (χ0) is 56.4. The van der Waals surface area contributed by atoms with E-state index in [-0.39, 0.29) is 37.5 Å². The smallest absolute Gasteiger partial charge is 0.306 e. The minimum absolute atomic E-state index is 0.0997. The van der Waals surface area contributed by atoms with Gasteiger partial charge in [0.2, 0.25) is 0 Å². The molecule has 0 saturated heterocycles. The van der Waals surface area contributed by atoms with Gasteiger partial charge in [0.1, 0.15) is 13.2 Å². The third-order valence-electron chi connectivity index (χ3n) is 14.0. The Morgan fingerprint density at radius 3 is 0.821 bits per heavy atom. The molecule has 0 heterocycles. The van der Waals surface area contributed by atoms with Crippen molar-refractivity contribution in [1.82, 2.24) is 0 Å². The van der Waals surface area contributed by atoms with Crippen molar-refractivity contribution in [1.29, 1.82) is 0 Å². The van der Waals surface area contributed by atoms with Crippen molar-refractivity contribution < 1.29 is 28.6 Å². The molecule has 78 heavy (non-hydrogen) atoms. The summed E-state index contributed by atoms with van der Waals surface area (Å²) in [5.74, 6) is -0.945. The van der Waals surface area contributed by atoms with Crippen molar-refractivity contribution in [3.05, 3.63) is 109 Å². The minimum Gasteiger partial charge on any atom is -0.462 e. The molecule has 0 aromatic heterocycles. The van der Waals surface area contributed by atoms with Crippen molar-refractivity contribution >= 4 is 17.9 Å². The number of carbonyl (C=O) groups is 3. The molecule has 446 valence electrons. The monoisotopic (exact) mass is 1080 g/mol. The molecule has 0 saturated carbocycles. The second-order valence-corrected chi connectivity index (χ2v) is 21.6. The van der Waals surface area contributed by atoms with Crippen molar-refractivity contribution in [2.24, 2.45) is 0 Å². The fourth-order valence-electron chi connectivity index (χ4n) is 9.06. The van der Waals surface area contributed by atoms with E-state index >= 15 is 0 Å². The van der Waals surface area contributed by atoms with Crippen LogP contribution in [0.25, 0.3) is 0 Å². The van der Waals surface area contributed by atoms with Crippen LogP contribution in [0.2, 0.25) is 0 Å². The van der Waals surface area contributed by atoms with E-state index < -0.39 is 6.10 Å². The number of rotatable bonds is 59. The van der Waals surface area contributed by atoms with Crippen LogP contribution < -0.4 is 0 Å². The summed E-state index contributed by atoms with van der Waals surface area (Å²) < 4.78 is 16.9. The first-order valence-electron chi connectivity index (χ1n) is 32.9. The van der Waals surface area contributed by atoms with Gasteiger partial charge in [-0.15, -0.1) is 0 Å². The van der Waals surface area contributed by atoms with Gasteiger partial charge in [0, 0.05) is 19.3 Å². The Balaban J connectivity index is 4.45. The summed E-state index contributed by atoms with van der Waals surface area (Å²) in [5.41, 5.74) is 0. The van der Waals surface area contributed by atoms with Crippen molar-refractivity contribution in [3.8, 4) is 0 Å². The van der Waals surface area contributed by atoms with Gasteiger partial charge in [0.15, 0.2) is 6.10 Å². The van der Waals surface area contributed by atoms with Gasteiger partial charge in [-0.2, -0.15) is 0 Å². The number of allylic oxidation sites excluding steroid dienone is 18. The van der Waals surface area contributed by atoms with E-state index in [2.05, 4.69) is 130 Å². The number of carbonyl (C=O) groups excluding carboxylic acids is 3. The van der Waals surface area contributed by atoms with Crippen LogP contribution in [0, 0.1) is 0 Å². The summed E-state index contributed by atoms with van der Waals surface area (Å²) in [6, 6.07) is 0. The van der Waals surface area contributed by atoms with Gasteiger partial charge in [-0.25, -0.2) is 0 Å². The molecule has 6 nitrogen and oxygen atoms in total. The fraction of sp³-hybridized carbons (Fsp3) is 0.708. The maximum atomic E-state index is 12.9. The summed E-state index contributed by atoms with van der Waals surface area (Å²) in [4.78, 5) is 38.4. The van der Waals surface area contributed by atoms with E-state index in [4.69, 9.17) is 14.2 Å². The lowest BCUT2D eigenvalue weighted by atomic mass is 10.0. The standard InChI is InChI=1S/C72H122O6/c1-4-7-10-13-16-19-22-25-28-31-33-35-36-38-39-41-44-47-50-53-56-59-62-65-71(74)77-68-69(67-76-70(73)64-61-58-55-52-49-46-43-30-27-24-21-18-15-12-9-6-3)78-72(75)66-63-60-57-54-51-48-45-42-40-37-34-32-29-26-23-20-17-14-11-8-5-2/h8,11,17,20,22,25-26,29-31,33-34,37,42-43,45,51,54,69H,4-7,9-10,12-16,18-19,21,23-24,27-28,32,35-36,38-41,44,46-50,52-53,55-68H2,1-3H3/b11-8-,20-17-,25-22-,29-26-,33-31-,37-34-,43-30-,45-42-,54-51-. The first-order valence-corrected chi connectivity index (χ1v) is 32.9. The highest BCUT2D eigenvalue weighted by molar-refractivity contribution is 5.71. The molecule has 6 heteroatoms. The normalized spacial score (nSPS) is 12.8. The molecule has 0 spiro atoms. The van der Waals surface area contributed by atoms with Gasteiger partial charge in [0.25, 0.3) is 0 Å². The predicted molar refractivity (Wildman–Crippen MR) is 339 cm³/mol. The van der Waals surface area contributed by atoms with E-state index in [9.17, 15) is 14.4 Å². The third kappa shape index (κ3) is 62.9. The number of hydrogen-bond donors (Lipinski definition) is 0. The lowest BCUT2D eigenvalue weighted by molar-refractivity contribution is -0.167. The highest BCUT2D eigenvalue weighted by Crippen LogP contribution is 2.15. The Hall–Kier alpha value is -3.93. The summed E-state index contributed by atoms with van der Waals surface area (Å²) in [5, 5.41) is 0. The fourth-order valence-corrected chi connectivity index (χ4v) is 9.06. The average molecular weight is 1080 g/mol. The molecular weight excluding hydrogens is 961 g/mol. The zero-order valence-corrected chi connectivity index (χ0v) is 51.2. The quantitative estimate of drug-likeness (QED) is 0.0261. The van der Waals surface area contributed by atoms with Gasteiger partial charge >= 0.3 is 17.9 Å². The Bertz CT molecular complexity index is 1570. The molecule has 0 amide bonds. The lowest BCUT2D eigenvalue weighted by Gasteiger charge is -2.18. The predicted octanol–water partition coefficient (Wildman–Crippen LogP) is 22.6. The van der Waals surface area contributed by atoms with E-state index in [1.54, 1.807) is 0 Å². The highest BCUT2D eigenvalue weighted by Gasteiger charge is 2.19. The van der Waals surface area contributed by atoms with E-state index in [0.717, 1.165) is 103 Å². The molecule has 0 radical (unpaired) electrons. The summed E-state index contributed by atoms with van der Waals surface area (Å²) in [7, 11) is 0. The largest absolute Gasteiger partial charge is 0.462 e. The topological polar surface area (TPSA) is 78.9 Å². The van der Waals surface area contributed by atoms with E-state index in [1.165, 1.54) is 161 Å². The van der Waals surface area contributed by atoms with E-state index in [1.807, 2.05) is 0 Å². The number of ether oxygens (including phenoxy) is 3. The SMILES string of the molecule is CC/C=C\C/C=C\C/C=C\C/C=C\C/C=C\C/C=C\CCCCC(=O)OC(COC(=O)CCCCCCC/C=C\CCCCCCCCC)COC(=O)CCCCCCCCCCCCC/C=C\C/C=C\CCCCCCC. The third-order valence-corrected chi connectivity index (χ3v) is 14.0. The Morgan fingerprint density at radius 1 is 0.269 bits per heavy atom. The second kappa shape index (κ2) is 65.6. The Morgan fingerprint density at radius 2 is 0.500 bits per heavy atom. The Labute approximate surface area is 482 Å². The number of hydrogen-bond acceptors (Lipinski definition) is 6. The van der Waals surface area contributed by atoms with Crippen molar-refractivity contribution in [2.45, 2.75) is 316 Å². The molecule has 0 N–H and O–H groups in total. The highest BCUT2D eigenvalue weighted by atomic mass is 16.6. The van der Waals surface area contributed by atoms with Gasteiger partial charge in [-0.3, -0.25) is 14.4 Å². The van der Waals surface area contributed by atoms with Crippen LogP contribution >= 0.6 is 0 Å². The first kappa shape index (κ1) is 74.1. The Kier molecular flexibility index (Phi) is 62.3. The molecule has 0 aliphatic heterocycles. The molecule has 0 aromatic carbocycles. The van der Waals surface area contributed by atoms with Crippen LogP contribution in [-0.2, 0) is 28.6 Å². The molecule has 0 aliphatic rings. The van der Waals surface area contributed by atoms with Gasteiger partial charge in [0.05, 0.1) is 0 Å². The number of esters is 3. The van der Waals surface area contributed by atoms with Gasteiger partial charge < -0.3 is 14.2 Å². The summed E-state index contributed by atoms with van der Waals surface area (Å²) in [6.45, 7) is 6.49. The van der Waals surface area contributed by atoms with Crippen molar-refractivity contribution in [2.75, 3.05) is 13.2 Å². The molecular formula is C72H122O6. The minimum atomic E-state index is -0.809. The van der Waals surface area contributed by atoms with Crippen LogP contribution in [0.5, 0.6) is 0 Å². The first-order chi connectivity index (χ1) is 38.5. The molecule has 0 fully saturated rings. The molecule has 1 unspecified atom stereocenters. The molecule has 0 aliphatic carbocycles. The molecule has 0 rings (SSSR count). The van der Waals surface area contributed by atoms with Crippen LogP contribution in [-0.4, -0.2) is 37.2 Å². The van der Waals surface area contributed by atoms with E-state index in [0.29, 0.717) is 19.3 Å². The molecule has 0 bridgehead atoms. The van der Waals surface area contributed by atoms with Crippen LogP contribution in [0.4, 0.5) is 0 Å². The molecule has 1 atom stereocenters. The second-order valence-electron chi connectivity index (χ2n) is 21.6. The van der Waals surface area contributed by atoms with Crippen molar-refractivity contribution in [3.63, 3.8) is 0 Å². The lowest BCUT2D eigenvalue weighted by Crippen LogP contribution is -2.30. The summed E-state index contributed by atoms with van der Waals surface area (Å²) in [6.07, 6.45) is 89.5. The summed E-state index contributed by atoms with van der Waals surface area (Å²) >= 11 is 0. The maximum absolute atomic E-state index is 12.9. The number of unbranched alkanes of at least 4 members (excludes halogenated alkanes) is 30. The van der Waals surface area contributed by atoms with Gasteiger partial charge in [-0.1, -0.05) is 271 Å².